The molecule has 0 aromatic heterocycles. The van der Waals surface area contributed by atoms with E-state index < -0.39 is 10.8 Å². The molecule has 0 amide bonds. The van der Waals surface area contributed by atoms with Gasteiger partial charge in [-0.3, -0.25) is 4.21 Å². The summed E-state index contributed by atoms with van der Waals surface area (Å²) in [5, 5.41) is 6.86. The predicted octanol–water partition coefficient (Wildman–Crippen LogP) is 2.13. The van der Waals surface area contributed by atoms with Crippen molar-refractivity contribution in [1.29, 1.82) is 0 Å². The van der Waals surface area contributed by atoms with Crippen molar-refractivity contribution in [2.24, 2.45) is 0 Å². The highest BCUT2D eigenvalue weighted by Gasteiger charge is 1.96. The van der Waals surface area contributed by atoms with Crippen LogP contribution < -0.4 is 10.6 Å². The number of anilines is 1. The number of unbranched alkanes of at least 4 members (excludes halogenated alkanes) is 1. The van der Waals surface area contributed by atoms with Crippen molar-refractivity contribution in [2.45, 2.75) is 12.8 Å². The third kappa shape index (κ3) is 7.07. The Morgan fingerprint density at radius 3 is 2.65 bits per heavy atom. The lowest BCUT2D eigenvalue weighted by molar-refractivity contribution is 0.680. The molecule has 0 radical (unpaired) electrons. The van der Waals surface area contributed by atoms with Gasteiger partial charge in [-0.15, -0.1) is 0 Å². The summed E-state index contributed by atoms with van der Waals surface area (Å²) in [6.07, 6.45) is 3.68. The molecule has 0 spiro atoms. The Morgan fingerprint density at radius 1 is 1.29 bits per heavy atom. The van der Waals surface area contributed by atoms with Gasteiger partial charge in [-0.2, -0.15) is 0 Å². The minimum absolute atomic E-state index is 0.633. The van der Waals surface area contributed by atoms with Gasteiger partial charge >= 0.3 is 0 Å². The van der Waals surface area contributed by atoms with Crippen molar-refractivity contribution in [2.75, 3.05) is 23.9 Å². The largest absolute Gasteiger partial charge is 0.362 e. The molecule has 1 aromatic carbocycles. The minimum Gasteiger partial charge on any atom is -0.362 e. The summed E-state index contributed by atoms with van der Waals surface area (Å²) in [6, 6.07) is 9.82. The van der Waals surface area contributed by atoms with Crippen LogP contribution in [-0.2, 0) is 10.8 Å². The van der Waals surface area contributed by atoms with Gasteiger partial charge in [-0.05, 0) is 37.2 Å². The number of rotatable bonds is 6. The van der Waals surface area contributed by atoms with Crippen molar-refractivity contribution in [3.05, 3.63) is 30.3 Å². The summed E-state index contributed by atoms with van der Waals surface area (Å²) in [7, 11) is -0.687. The van der Waals surface area contributed by atoms with Gasteiger partial charge in [0.05, 0.1) is 0 Å². The summed E-state index contributed by atoms with van der Waals surface area (Å²) in [4.78, 5) is 0. The first-order chi connectivity index (χ1) is 8.18. The lowest BCUT2D eigenvalue weighted by Gasteiger charge is -2.09. The molecule has 5 heteroatoms. The van der Waals surface area contributed by atoms with E-state index in [1.54, 1.807) is 6.26 Å². The van der Waals surface area contributed by atoms with Gasteiger partial charge in [0.25, 0.3) is 0 Å². The minimum atomic E-state index is -0.687. The summed E-state index contributed by atoms with van der Waals surface area (Å²) in [6.45, 7) is 0.815. The molecule has 0 aliphatic carbocycles. The molecule has 0 aliphatic rings. The molecule has 0 saturated heterocycles. The summed E-state index contributed by atoms with van der Waals surface area (Å²) < 4.78 is 10.8. The molecule has 2 N–H and O–H groups in total. The van der Waals surface area contributed by atoms with E-state index in [1.807, 2.05) is 30.3 Å². The summed E-state index contributed by atoms with van der Waals surface area (Å²) in [5.41, 5.74) is 0.986. The van der Waals surface area contributed by atoms with Gasteiger partial charge in [0.15, 0.2) is 5.11 Å². The molecule has 0 saturated carbocycles. The first kappa shape index (κ1) is 14.1. The molecule has 0 unspecified atom stereocenters. The second-order valence-electron chi connectivity index (χ2n) is 3.73. The second kappa shape index (κ2) is 8.20. The molecule has 1 aromatic rings. The number of nitrogens with one attached hydrogen (secondary N) is 2. The number of hydrogen-bond acceptors (Lipinski definition) is 2. The van der Waals surface area contributed by atoms with Crippen LogP contribution in [0.1, 0.15) is 12.8 Å². The quantitative estimate of drug-likeness (QED) is 0.614. The van der Waals surface area contributed by atoms with Crippen LogP contribution in [0.2, 0.25) is 0 Å². The van der Waals surface area contributed by atoms with Gasteiger partial charge in [-0.25, -0.2) is 0 Å². The van der Waals surface area contributed by atoms with E-state index in [1.165, 1.54) is 0 Å². The fraction of sp³-hybridized carbons (Fsp3) is 0.417. The van der Waals surface area contributed by atoms with Crippen molar-refractivity contribution < 1.29 is 4.21 Å². The molecule has 0 bridgehead atoms. The van der Waals surface area contributed by atoms with E-state index in [4.69, 9.17) is 12.2 Å². The van der Waals surface area contributed by atoms with Crippen LogP contribution in [0.15, 0.2) is 30.3 Å². The van der Waals surface area contributed by atoms with Crippen LogP contribution >= 0.6 is 12.2 Å². The van der Waals surface area contributed by atoms with E-state index in [2.05, 4.69) is 10.6 Å². The monoisotopic (exact) mass is 270 g/mol. The topological polar surface area (TPSA) is 41.1 Å². The maximum absolute atomic E-state index is 10.8. The molecule has 1 rings (SSSR count). The lowest BCUT2D eigenvalue weighted by atomic mass is 10.3. The number of para-hydroxylation sites is 1. The standard InChI is InChI=1S/C12H18N2OS2/c1-17(15)10-6-5-9-13-12(16)14-11-7-3-2-4-8-11/h2-4,7-8H,5-6,9-10H2,1H3,(H2,13,14,16)/t17-/m0/s1. The zero-order chi connectivity index (χ0) is 12.5. The Balaban J connectivity index is 2.12. The maximum atomic E-state index is 10.8. The predicted molar refractivity (Wildman–Crippen MR) is 78.8 cm³/mol. The SMILES string of the molecule is C[S@](=O)CCCCNC(=S)Nc1ccccc1. The zero-order valence-electron chi connectivity index (χ0n) is 9.94. The number of benzene rings is 1. The van der Waals surface area contributed by atoms with Crippen molar-refractivity contribution in [3.8, 4) is 0 Å². The van der Waals surface area contributed by atoms with Gasteiger partial charge in [0.2, 0.25) is 0 Å². The smallest absolute Gasteiger partial charge is 0.170 e. The van der Waals surface area contributed by atoms with Gasteiger partial charge in [-0.1, -0.05) is 18.2 Å². The zero-order valence-corrected chi connectivity index (χ0v) is 11.6. The van der Waals surface area contributed by atoms with Crippen molar-refractivity contribution in [3.63, 3.8) is 0 Å². The Bertz CT molecular complexity index is 368. The molecular formula is C12H18N2OS2. The van der Waals surface area contributed by atoms with E-state index in [-0.39, 0.29) is 0 Å². The first-order valence-electron chi connectivity index (χ1n) is 5.58. The molecule has 17 heavy (non-hydrogen) atoms. The summed E-state index contributed by atoms with van der Waals surface area (Å²) >= 11 is 5.15. The highest BCUT2D eigenvalue weighted by Crippen LogP contribution is 2.04. The molecule has 0 aliphatic heterocycles. The van der Waals surface area contributed by atoms with E-state index in [0.717, 1.165) is 30.8 Å². The molecule has 0 heterocycles. The lowest BCUT2D eigenvalue weighted by Crippen LogP contribution is -2.29. The second-order valence-corrected chi connectivity index (χ2v) is 5.69. The van der Waals surface area contributed by atoms with E-state index >= 15 is 0 Å². The van der Waals surface area contributed by atoms with E-state index in [0.29, 0.717) is 5.11 Å². The summed E-state index contributed by atoms with van der Waals surface area (Å²) in [5.74, 6) is 0.764. The molecule has 0 fully saturated rings. The van der Waals surface area contributed by atoms with Crippen LogP contribution in [0.4, 0.5) is 5.69 Å². The van der Waals surface area contributed by atoms with E-state index in [9.17, 15) is 4.21 Å². The number of thiocarbonyl (C=S) groups is 1. The molecule has 3 nitrogen and oxygen atoms in total. The molecule has 94 valence electrons. The Kier molecular flexibility index (Phi) is 6.81. The highest BCUT2D eigenvalue weighted by atomic mass is 32.2. The molecule has 1 atom stereocenters. The normalized spacial score (nSPS) is 11.8. The average molecular weight is 270 g/mol. The molecular weight excluding hydrogens is 252 g/mol. The van der Waals surface area contributed by atoms with Crippen LogP contribution in [-0.4, -0.2) is 27.9 Å². The number of hydrogen-bond donors (Lipinski definition) is 2. The highest BCUT2D eigenvalue weighted by molar-refractivity contribution is 7.84. The van der Waals surface area contributed by atoms with Crippen LogP contribution in [0, 0.1) is 0 Å². The van der Waals surface area contributed by atoms with Crippen LogP contribution in [0.3, 0.4) is 0 Å². The third-order valence-electron chi connectivity index (χ3n) is 2.18. The Labute approximate surface area is 110 Å². The van der Waals surface area contributed by atoms with Crippen LogP contribution in [0.5, 0.6) is 0 Å². The average Bonchev–Trinajstić information content (AvgIpc) is 2.29. The van der Waals surface area contributed by atoms with Gasteiger partial charge < -0.3 is 10.6 Å². The first-order valence-corrected chi connectivity index (χ1v) is 7.72. The van der Waals surface area contributed by atoms with Gasteiger partial charge in [0, 0.05) is 35.0 Å². The Morgan fingerprint density at radius 2 is 2.00 bits per heavy atom. The third-order valence-corrected chi connectivity index (χ3v) is 3.29. The van der Waals surface area contributed by atoms with Crippen LogP contribution in [0.25, 0.3) is 0 Å². The van der Waals surface area contributed by atoms with Crippen molar-refractivity contribution >= 4 is 33.8 Å². The fourth-order valence-corrected chi connectivity index (χ4v) is 2.16. The Hall–Kier alpha value is -0.940. The van der Waals surface area contributed by atoms with Crippen molar-refractivity contribution in [1.82, 2.24) is 5.32 Å². The van der Waals surface area contributed by atoms with Gasteiger partial charge in [0.1, 0.15) is 0 Å². The fourth-order valence-electron chi connectivity index (χ4n) is 1.33. The maximum Gasteiger partial charge on any atom is 0.170 e.